The Hall–Kier alpha value is -2.13. The second-order valence-electron chi connectivity index (χ2n) is 5.13. The molecule has 0 spiro atoms. The van der Waals surface area contributed by atoms with Gasteiger partial charge >= 0.3 is 0 Å². The van der Waals surface area contributed by atoms with Crippen molar-refractivity contribution in [2.24, 2.45) is 0 Å². The van der Waals surface area contributed by atoms with Crippen LogP contribution in [-0.2, 0) is 13.1 Å². The van der Waals surface area contributed by atoms with E-state index in [0.29, 0.717) is 0 Å². The van der Waals surface area contributed by atoms with Crippen LogP contribution in [0.25, 0.3) is 10.9 Å². The van der Waals surface area contributed by atoms with Gasteiger partial charge in [0.15, 0.2) is 0 Å². The number of hydrogen-bond acceptors (Lipinski definition) is 2. The Morgan fingerprint density at radius 1 is 1.20 bits per heavy atom. The molecule has 2 aromatic heterocycles. The Kier molecular flexibility index (Phi) is 3.52. The molecule has 3 rings (SSSR count). The van der Waals surface area contributed by atoms with Gasteiger partial charge in [-0.1, -0.05) is 18.2 Å². The number of pyridine rings is 1. The molecule has 3 heteroatoms. The van der Waals surface area contributed by atoms with Gasteiger partial charge in [-0.05, 0) is 48.7 Å². The Bertz CT molecular complexity index is 728. The number of nitrogens with one attached hydrogen (secondary N) is 1. The summed E-state index contributed by atoms with van der Waals surface area (Å²) in [6.07, 6.45) is 4.00. The standard InChI is InChI=1S/C17H19N3/c1-13-4-3-8-19-16(13)12-20-9-7-15-6-5-14(11-18-2)10-17(15)20/h3-10,18H,11-12H2,1-2H3. The number of nitrogens with zero attached hydrogens (tertiary/aromatic N) is 2. The van der Waals surface area contributed by atoms with Crippen molar-refractivity contribution in [1.29, 1.82) is 0 Å². The van der Waals surface area contributed by atoms with E-state index in [9.17, 15) is 0 Å². The van der Waals surface area contributed by atoms with Gasteiger partial charge in [0.05, 0.1) is 12.2 Å². The van der Waals surface area contributed by atoms with Crippen molar-refractivity contribution in [1.82, 2.24) is 14.9 Å². The minimum Gasteiger partial charge on any atom is -0.341 e. The first-order chi connectivity index (χ1) is 9.78. The minimum atomic E-state index is 0.819. The molecule has 0 fully saturated rings. The molecule has 0 saturated carbocycles. The van der Waals surface area contributed by atoms with Gasteiger partial charge in [0.25, 0.3) is 0 Å². The van der Waals surface area contributed by atoms with Crippen molar-refractivity contribution < 1.29 is 0 Å². The molecule has 0 atom stereocenters. The third-order valence-corrected chi connectivity index (χ3v) is 3.66. The van der Waals surface area contributed by atoms with E-state index in [1.165, 1.54) is 22.0 Å². The summed E-state index contributed by atoms with van der Waals surface area (Å²) in [6, 6.07) is 12.9. The molecule has 20 heavy (non-hydrogen) atoms. The van der Waals surface area contributed by atoms with Crippen LogP contribution in [0, 0.1) is 6.92 Å². The number of fused-ring (bicyclic) bond motifs is 1. The van der Waals surface area contributed by atoms with E-state index < -0.39 is 0 Å². The zero-order valence-corrected chi connectivity index (χ0v) is 11.9. The number of hydrogen-bond donors (Lipinski definition) is 1. The molecule has 0 radical (unpaired) electrons. The van der Waals surface area contributed by atoms with E-state index in [-0.39, 0.29) is 0 Å². The van der Waals surface area contributed by atoms with Crippen molar-refractivity contribution in [2.45, 2.75) is 20.0 Å². The van der Waals surface area contributed by atoms with Crippen molar-refractivity contribution in [2.75, 3.05) is 7.05 Å². The lowest BCUT2D eigenvalue weighted by atomic mass is 10.1. The second kappa shape index (κ2) is 5.47. The number of benzene rings is 1. The highest BCUT2D eigenvalue weighted by molar-refractivity contribution is 5.80. The Labute approximate surface area is 119 Å². The van der Waals surface area contributed by atoms with Crippen molar-refractivity contribution in [3.8, 4) is 0 Å². The molecule has 0 aliphatic heterocycles. The molecule has 0 aliphatic carbocycles. The molecule has 3 nitrogen and oxygen atoms in total. The predicted octanol–water partition coefficient (Wildman–Crippen LogP) is 3.11. The summed E-state index contributed by atoms with van der Waals surface area (Å²) in [5, 5.41) is 4.47. The van der Waals surface area contributed by atoms with Gasteiger partial charge in [0.1, 0.15) is 0 Å². The number of rotatable bonds is 4. The fourth-order valence-corrected chi connectivity index (χ4v) is 2.53. The molecule has 102 valence electrons. The van der Waals surface area contributed by atoms with E-state index >= 15 is 0 Å². The summed E-state index contributed by atoms with van der Waals surface area (Å²) >= 11 is 0. The molecular weight excluding hydrogens is 246 g/mol. The number of aryl methyl sites for hydroxylation is 1. The lowest BCUT2D eigenvalue weighted by molar-refractivity contribution is 0.794. The monoisotopic (exact) mass is 265 g/mol. The Morgan fingerprint density at radius 3 is 2.90 bits per heavy atom. The molecule has 2 heterocycles. The van der Waals surface area contributed by atoms with Crippen molar-refractivity contribution in [3.63, 3.8) is 0 Å². The Morgan fingerprint density at radius 2 is 2.10 bits per heavy atom. The van der Waals surface area contributed by atoms with Gasteiger partial charge in [0.2, 0.25) is 0 Å². The van der Waals surface area contributed by atoms with Crippen LogP contribution in [0.5, 0.6) is 0 Å². The average molecular weight is 265 g/mol. The van der Waals surface area contributed by atoms with Crippen LogP contribution in [0.2, 0.25) is 0 Å². The zero-order chi connectivity index (χ0) is 13.9. The maximum Gasteiger partial charge on any atom is 0.0651 e. The van der Waals surface area contributed by atoms with E-state index in [0.717, 1.165) is 18.8 Å². The third kappa shape index (κ3) is 2.45. The van der Waals surface area contributed by atoms with Gasteiger partial charge in [-0.3, -0.25) is 4.98 Å². The lowest BCUT2D eigenvalue weighted by Crippen LogP contribution is -2.06. The first-order valence-corrected chi connectivity index (χ1v) is 6.91. The summed E-state index contributed by atoms with van der Waals surface area (Å²) in [5.74, 6) is 0. The van der Waals surface area contributed by atoms with Crippen molar-refractivity contribution in [3.05, 3.63) is 65.6 Å². The van der Waals surface area contributed by atoms with E-state index in [2.05, 4.69) is 58.3 Å². The maximum absolute atomic E-state index is 4.49. The molecule has 1 aromatic carbocycles. The first kappa shape index (κ1) is 12.9. The molecular formula is C17H19N3. The second-order valence-corrected chi connectivity index (χ2v) is 5.13. The van der Waals surface area contributed by atoms with Gasteiger partial charge in [-0.2, -0.15) is 0 Å². The molecule has 0 amide bonds. The topological polar surface area (TPSA) is 29.9 Å². The zero-order valence-electron chi connectivity index (χ0n) is 11.9. The molecule has 0 saturated heterocycles. The summed E-state index contributed by atoms with van der Waals surface area (Å²) in [7, 11) is 1.97. The fourth-order valence-electron chi connectivity index (χ4n) is 2.53. The van der Waals surface area contributed by atoms with Gasteiger partial charge < -0.3 is 9.88 Å². The molecule has 0 unspecified atom stereocenters. The molecule has 0 bridgehead atoms. The van der Waals surface area contributed by atoms with Crippen LogP contribution in [0.1, 0.15) is 16.8 Å². The van der Waals surface area contributed by atoms with Crippen LogP contribution in [0.15, 0.2) is 48.8 Å². The Balaban J connectivity index is 1.99. The summed E-state index contributed by atoms with van der Waals surface area (Å²) in [6.45, 7) is 3.82. The van der Waals surface area contributed by atoms with Crippen LogP contribution >= 0.6 is 0 Å². The van der Waals surface area contributed by atoms with Crippen molar-refractivity contribution >= 4 is 10.9 Å². The van der Waals surface area contributed by atoms with Crippen LogP contribution in [0.3, 0.4) is 0 Å². The van der Waals surface area contributed by atoms with Gasteiger partial charge in [0, 0.05) is 24.5 Å². The van der Waals surface area contributed by atoms with Crippen LogP contribution in [0.4, 0.5) is 0 Å². The summed E-state index contributed by atoms with van der Waals surface area (Å²) < 4.78 is 2.27. The predicted molar refractivity (Wildman–Crippen MR) is 82.8 cm³/mol. The molecule has 0 aliphatic rings. The molecule has 1 N–H and O–H groups in total. The SMILES string of the molecule is CNCc1ccc2ccn(Cc3ncccc3C)c2c1. The van der Waals surface area contributed by atoms with E-state index in [1.807, 2.05) is 19.3 Å². The minimum absolute atomic E-state index is 0.819. The highest BCUT2D eigenvalue weighted by Gasteiger charge is 2.05. The highest BCUT2D eigenvalue weighted by Crippen LogP contribution is 2.19. The van der Waals surface area contributed by atoms with Gasteiger partial charge in [-0.15, -0.1) is 0 Å². The third-order valence-electron chi connectivity index (χ3n) is 3.66. The highest BCUT2D eigenvalue weighted by atomic mass is 15.0. The largest absolute Gasteiger partial charge is 0.341 e. The quantitative estimate of drug-likeness (QED) is 0.785. The molecule has 3 aromatic rings. The van der Waals surface area contributed by atoms with E-state index in [4.69, 9.17) is 0 Å². The van der Waals surface area contributed by atoms with E-state index in [1.54, 1.807) is 0 Å². The number of aromatic nitrogens is 2. The van der Waals surface area contributed by atoms with Crippen LogP contribution < -0.4 is 5.32 Å². The van der Waals surface area contributed by atoms with Gasteiger partial charge in [-0.25, -0.2) is 0 Å². The smallest absolute Gasteiger partial charge is 0.0651 e. The average Bonchev–Trinajstić information content (AvgIpc) is 2.85. The first-order valence-electron chi connectivity index (χ1n) is 6.91. The summed E-state index contributed by atoms with van der Waals surface area (Å²) in [4.78, 5) is 4.49. The normalized spacial score (nSPS) is 11.1. The lowest BCUT2D eigenvalue weighted by Gasteiger charge is -2.08. The fraction of sp³-hybridized carbons (Fsp3) is 0.235. The maximum atomic E-state index is 4.49. The summed E-state index contributed by atoms with van der Waals surface area (Å²) in [5.41, 5.74) is 4.94. The van der Waals surface area contributed by atoms with Crippen LogP contribution in [-0.4, -0.2) is 16.6 Å².